The quantitative estimate of drug-likeness (QED) is 0.291. The van der Waals surface area contributed by atoms with E-state index in [1.807, 2.05) is 0 Å². The molecule has 228 valence electrons. The molecule has 43 heavy (non-hydrogen) atoms. The summed E-state index contributed by atoms with van der Waals surface area (Å²) >= 11 is 1.05. The lowest BCUT2D eigenvalue weighted by atomic mass is 10.2. The Morgan fingerprint density at radius 2 is 1.77 bits per heavy atom. The molecule has 1 saturated heterocycles. The Bertz CT molecular complexity index is 1780. The predicted molar refractivity (Wildman–Crippen MR) is 143 cm³/mol. The monoisotopic (exact) mass is 644 g/mol. The molecule has 0 saturated carbocycles. The zero-order valence-corrected chi connectivity index (χ0v) is 23.4. The maximum Gasteiger partial charge on any atom is 0.416 e. The van der Waals surface area contributed by atoms with E-state index in [0.29, 0.717) is 22.8 Å². The summed E-state index contributed by atoms with van der Waals surface area (Å²) < 4.78 is 97.8. The van der Waals surface area contributed by atoms with Gasteiger partial charge in [-0.3, -0.25) is 9.59 Å². The minimum atomic E-state index is -4.67. The van der Waals surface area contributed by atoms with Crippen LogP contribution in [0, 0.1) is 0 Å². The van der Waals surface area contributed by atoms with Crippen molar-refractivity contribution < 1.29 is 39.9 Å². The van der Waals surface area contributed by atoms with E-state index in [9.17, 15) is 40.0 Å². The van der Waals surface area contributed by atoms with Gasteiger partial charge in [-0.15, -0.1) is 5.10 Å². The van der Waals surface area contributed by atoms with Gasteiger partial charge >= 0.3 is 12.8 Å². The minimum absolute atomic E-state index is 0.0693. The Labute approximate surface area is 244 Å². The van der Waals surface area contributed by atoms with Crippen LogP contribution >= 0.6 is 11.3 Å². The minimum Gasteiger partial charge on any atom is -0.435 e. The number of hydrogen-bond acceptors (Lipinski definition) is 9. The number of fused-ring (bicyclic) bond motifs is 1. The van der Waals surface area contributed by atoms with Gasteiger partial charge in [0.2, 0.25) is 26.0 Å². The highest BCUT2D eigenvalue weighted by atomic mass is 32.2. The van der Waals surface area contributed by atoms with Crippen LogP contribution in [0.4, 0.5) is 27.1 Å². The summed E-state index contributed by atoms with van der Waals surface area (Å²) in [6.07, 6.45) is -3.26. The zero-order valence-electron chi connectivity index (χ0n) is 21.7. The summed E-state index contributed by atoms with van der Waals surface area (Å²) in [6.45, 7) is -3.44. The van der Waals surface area contributed by atoms with Crippen LogP contribution in [0.15, 0.2) is 70.5 Å². The number of anilines is 1. The number of alkyl halides is 5. The molecule has 0 radical (unpaired) electrons. The van der Waals surface area contributed by atoms with E-state index in [4.69, 9.17) is 0 Å². The van der Waals surface area contributed by atoms with Crippen molar-refractivity contribution in [1.82, 2.24) is 24.2 Å². The number of rotatable bonds is 8. The van der Waals surface area contributed by atoms with Gasteiger partial charge in [0.25, 0.3) is 5.56 Å². The normalized spacial score (nSPS) is 16.5. The van der Waals surface area contributed by atoms with E-state index in [2.05, 4.69) is 20.1 Å². The third-order valence-electron chi connectivity index (χ3n) is 6.44. The number of halogens is 5. The average Bonchev–Trinajstić information content (AvgIpc) is 3.39. The van der Waals surface area contributed by atoms with Crippen molar-refractivity contribution in [1.29, 1.82) is 0 Å². The van der Waals surface area contributed by atoms with Gasteiger partial charge in [-0.25, -0.2) is 12.9 Å². The van der Waals surface area contributed by atoms with Crippen molar-refractivity contribution in [3.05, 3.63) is 82.3 Å². The lowest BCUT2D eigenvalue weighted by molar-refractivity contribution is -0.137. The molecule has 11 nitrogen and oxygen atoms in total. The van der Waals surface area contributed by atoms with Crippen LogP contribution in [0.25, 0.3) is 4.96 Å². The first kappa shape index (κ1) is 30.3. The van der Waals surface area contributed by atoms with Crippen LogP contribution in [0.3, 0.4) is 0 Å². The number of carbonyl (C=O) groups excluding carboxylic acids is 1. The molecule has 0 unspecified atom stereocenters. The molecular weight excluding hydrogens is 623 g/mol. The van der Waals surface area contributed by atoms with Crippen molar-refractivity contribution in [2.45, 2.75) is 30.3 Å². The largest absolute Gasteiger partial charge is 0.435 e. The van der Waals surface area contributed by atoms with Gasteiger partial charge in [-0.2, -0.15) is 31.2 Å². The highest BCUT2D eigenvalue weighted by Gasteiger charge is 2.41. The van der Waals surface area contributed by atoms with Gasteiger partial charge in [-0.05, 0) is 42.0 Å². The first-order valence-electron chi connectivity index (χ1n) is 12.4. The van der Waals surface area contributed by atoms with Gasteiger partial charge in [0, 0.05) is 38.4 Å². The van der Waals surface area contributed by atoms with Crippen molar-refractivity contribution in [3.8, 4) is 5.75 Å². The van der Waals surface area contributed by atoms with Crippen molar-refractivity contribution in [3.63, 3.8) is 0 Å². The summed E-state index contributed by atoms with van der Waals surface area (Å²) in [7, 11) is -4.44. The molecule has 2 aromatic carbocycles. The van der Waals surface area contributed by atoms with E-state index in [1.165, 1.54) is 41.0 Å². The van der Waals surface area contributed by atoms with Crippen LogP contribution in [-0.4, -0.2) is 65.5 Å². The Morgan fingerprint density at radius 3 is 2.42 bits per heavy atom. The number of aromatic nitrogens is 3. The van der Waals surface area contributed by atoms with Gasteiger partial charge in [0.1, 0.15) is 11.8 Å². The number of nitrogens with one attached hydrogen (secondary N) is 1. The van der Waals surface area contributed by atoms with E-state index < -0.39 is 50.8 Å². The molecular formula is C25H21F5N6O5S2. The third-order valence-corrected chi connectivity index (χ3v) is 9.35. The van der Waals surface area contributed by atoms with Gasteiger partial charge in [0.15, 0.2) is 0 Å². The Morgan fingerprint density at radius 1 is 1.07 bits per heavy atom. The lowest BCUT2D eigenvalue weighted by Gasteiger charge is -2.39. The fourth-order valence-electron chi connectivity index (χ4n) is 4.34. The SMILES string of the molecule is O=C(NCc1ccc(OC(F)F)cc1)[C@H]1CN(c2nn3ccc(=O)nc3s2)CCN1S(=O)(=O)c1ccc(C(F)(F)F)cc1. The Kier molecular flexibility index (Phi) is 8.35. The van der Waals surface area contributed by atoms with Crippen LogP contribution in [-0.2, 0) is 27.5 Å². The molecule has 0 spiro atoms. The summed E-state index contributed by atoms with van der Waals surface area (Å²) in [4.78, 5) is 30.5. The fourth-order valence-corrected chi connectivity index (χ4v) is 6.83. The molecule has 18 heteroatoms. The number of piperazine rings is 1. The van der Waals surface area contributed by atoms with E-state index in [1.54, 1.807) is 4.90 Å². The first-order chi connectivity index (χ1) is 20.3. The summed E-state index contributed by atoms with van der Waals surface area (Å²) in [6, 6.07) is 8.28. The zero-order chi connectivity index (χ0) is 30.9. The fraction of sp³-hybridized carbons (Fsp3) is 0.280. The molecule has 0 bridgehead atoms. The first-order valence-corrected chi connectivity index (χ1v) is 14.7. The van der Waals surface area contributed by atoms with E-state index in [0.717, 1.165) is 27.8 Å². The maximum atomic E-state index is 13.6. The number of carbonyl (C=O) groups is 1. The van der Waals surface area contributed by atoms with Crippen molar-refractivity contribution in [2.24, 2.45) is 0 Å². The maximum absolute atomic E-state index is 13.6. The molecule has 1 aliphatic heterocycles. The molecule has 1 fully saturated rings. The molecule has 1 aliphatic rings. The molecule has 4 aromatic rings. The molecule has 3 heterocycles. The van der Waals surface area contributed by atoms with Gasteiger partial charge < -0.3 is 15.0 Å². The van der Waals surface area contributed by atoms with Crippen LogP contribution < -0.4 is 20.5 Å². The van der Waals surface area contributed by atoms with Crippen molar-refractivity contribution >= 4 is 37.4 Å². The lowest BCUT2D eigenvalue weighted by Crippen LogP contribution is -2.60. The second-order valence-electron chi connectivity index (χ2n) is 9.22. The summed E-state index contributed by atoms with van der Waals surface area (Å²) in [5.74, 6) is -0.809. The molecule has 1 atom stereocenters. The standard InChI is InChI=1S/C25H21F5N6O5S2/c26-22(27)41-17-5-1-15(2-6-17)13-31-21(38)19-14-34(24-33-35-10-9-20(37)32-23(35)42-24)11-12-36(19)43(39,40)18-7-3-16(4-8-18)25(28,29)30/h1-10,19,22H,11-14H2,(H,31,38)/t19-/m1/s1. The topological polar surface area (TPSA) is 126 Å². The average molecular weight is 645 g/mol. The van der Waals surface area contributed by atoms with Crippen LogP contribution in [0.1, 0.15) is 11.1 Å². The van der Waals surface area contributed by atoms with E-state index >= 15 is 0 Å². The Balaban J connectivity index is 1.40. The molecule has 1 amide bonds. The smallest absolute Gasteiger partial charge is 0.416 e. The number of benzene rings is 2. The molecule has 0 aliphatic carbocycles. The van der Waals surface area contributed by atoms with Crippen LogP contribution in [0.2, 0.25) is 0 Å². The third kappa shape index (κ3) is 6.75. The number of ether oxygens (including phenoxy) is 1. The number of hydrogen-bond donors (Lipinski definition) is 1. The highest BCUT2D eigenvalue weighted by molar-refractivity contribution is 7.89. The van der Waals surface area contributed by atoms with Crippen LogP contribution in [0.5, 0.6) is 5.75 Å². The molecule has 5 rings (SSSR count). The van der Waals surface area contributed by atoms with Gasteiger partial charge in [0.05, 0.1) is 10.5 Å². The Hall–Kier alpha value is -4.16. The number of sulfonamides is 1. The second kappa shape index (κ2) is 11.8. The van der Waals surface area contributed by atoms with Crippen molar-refractivity contribution in [2.75, 3.05) is 24.5 Å². The summed E-state index contributed by atoms with van der Waals surface area (Å²) in [5, 5.41) is 7.35. The number of nitrogens with zero attached hydrogens (tertiary/aromatic N) is 5. The highest BCUT2D eigenvalue weighted by Crippen LogP contribution is 2.32. The number of amides is 1. The van der Waals surface area contributed by atoms with E-state index in [-0.39, 0.29) is 36.9 Å². The molecule has 2 aromatic heterocycles. The molecule has 1 N–H and O–H groups in total. The summed E-state index contributed by atoms with van der Waals surface area (Å²) in [5.41, 5.74) is -1.01. The van der Waals surface area contributed by atoms with Gasteiger partial charge in [-0.1, -0.05) is 23.5 Å². The second-order valence-corrected chi connectivity index (χ2v) is 12.0. The predicted octanol–water partition coefficient (Wildman–Crippen LogP) is 2.97.